The third kappa shape index (κ3) is 4.71. The van der Waals surface area contributed by atoms with E-state index in [1.54, 1.807) is 19.6 Å². The molecule has 1 aliphatic heterocycles. The van der Waals surface area contributed by atoms with Gasteiger partial charge in [0.1, 0.15) is 11.6 Å². The Morgan fingerprint density at radius 3 is 3.00 bits per heavy atom. The Morgan fingerprint density at radius 2 is 2.27 bits per heavy atom. The first-order valence-electron chi connectivity index (χ1n) is 8.78. The summed E-state index contributed by atoms with van der Waals surface area (Å²) in [7, 11) is 1.73. The van der Waals surface area contributed by atoms with Gasteiger partial charge < -0.3 is 20.1 Å². The zero-order valence-corrected chi connectivity index (χ0v) is 14.8. The lowest BCUT2D eigenvalue weighted by molar-refractivity contribution is 0.580. The molecule has 0 radical (unpaired) electrons. The number of imidazole rings is 1. The molecular formula is C18H24F2N6. The normalized spacial score (nSPS) is 17.6. The summed E-state index contributed by atoms with van der Waals surface area (Å²) in [5.41, 5.74) is 0.443. The number of nitrogens with one attached hydrogen (secondary N) is 2. The van der Waals surface area contributed by atoms with Crippen LogP contribution in [0.1, 0.15) is 12.8 Å². The molecule has 140 valence electrons. The Balaban J connectivity index is 1.44. The van der Waals surface area contributed by atoms with Gasteiger partial charge in [-0.25, -0.2) is 13.8 Å². The van der Waals surface area contributed by atoms with Crippen LogP contribution in [-0.4, -0.2) is 48.2 Å². The molecule has 1 saturated heterocycles. The van der Waals surface area contributed by atoms with Gasteiger partial charge >= 0.3 is 0 Å². The number of aromatic nitrogens is 2. The molecule has 0 bridgehead atoms. The Kier molecular flexibility index (Phi) is 6.04. The Labute approximate surface area is 151 Å². The van der Waals surface area contributed by atoms with E-state index in [0.29, 0.717) is 12.2 Å². The maximum absolute atomic E-state index is 13.9. The Hall–Kier alpha value is -2.64. The van der Waals surface area contributed by atoms with E-state index in [9.17, 15) is 8.78 Å². The van der Waals surface area contributed by atoms with Crippen molar-refractivity contribution >= 4 is 11.6 Å². The maximum Gasteiger partial charge on any atom is 0.191 e. The first-order valence-corrected chi connectivity index (χ1v) is 8.78. The smallest absolute Gasteiger partial charge is 0.191 e. The summed E-state index contributed by atoms with van der Waals surface area (Å²) in [6, 6.07) is 3.88. The van der Waals surface area contributed by atoms with Crippen LogP contribution in [0.25, 0.3) is 0 Å². The third-order valence-corrected chi connectivity index (χ3v) is 4.45. The van der Waals surface area contributed by atoms with Gasteiger partial charge in [0.05, 0.1) is 12.0 Å². The van der Waals surface area contributed by atoms with Crippen molar-refractivity contribution in [3.63, 3.8) is 0 Å². The van der Waals surface area contributed by atoms with Gasteiger partial charge in [0, 0.05) is 57.7 Å². The van der Waals surface area contributed by atoms with E-state index >= 15 is 0 Å². The van der Waals surface area contributed by atoms with Crippen LogP contribution in [-0.2, 0) is 6.54 Å². The van der Waals surface area contributed by atoms with E-state index in [1.807, 2.05) is 15.7 Å². The fourth-order valence-corrected chi connectivity index (χ4v) is 3.11. The molecular weight excluding hydrogens is 338 g/mol. The molecule has 1 aliphatic rings. The molecule has 2 heterocycles. The lowest BCUT2D eigenvalue weighted by Crippen LogP contribution is -2.45. The number of nitrogens with zero attached hydrogens (tertiary/aromatic N) is 4. The highest BCUT2D eigenvalue weighted by Gasteiger charge is 2.25. The van der Waals surface area contributed by atoms with E-state index in [0.717, 1.165) is 44.5 Å². The molecule has 8 heteroatoms. The molecule has 2 aromatic rings. The average molecular weight is 362 g/mol. The summed E-state index contributed by atoms with van der Waals surface area (Å²) in [5, 5.41) is 6.67. The highest BCUT2D eigenvalue weighted by atomic mass is 19.1. The number of hydrogen-bond donors (Lipinski definition) is 2. The van der Waals surface area contributed by atoms with Crippen molar-refractivity contribution in [2.45, 2.75) is 25.4 Å². The van der Waals surface area contributed by atoms with Crippen molar-refractivity contribution in [1.29, 1.82) is 0 Å². The Morgan fingerprint density at radius 1 is 1.38 bits per heavy atom. The van der Waals surface area contributed by atoms with Crippen LogP contribution in [0.3, 0.4) is 0 Å². The van der Waals surface area contributed by atoms with E-state index in [4.69, 9.17) is 0 Å². The molecule has 1 aromatic heterocycles. The van der Waals surface area contributed by atoms with E-state index < -0.39 is 11.6 Å². The summed E-state index contributed by atoms with van der Waals surface area (Å²) < 4.78 is 29.0. The zero-order chi connectivity index (χ0) is 18.4. The summed E-state index contributed by atoms with van der Waals surface area (Å²) in [5.74, 6) is -0.338. The fraction of sp³-hybridized carbons (Fsp3) is 0.444. The van der Waals surface area contributed by atoms with Gasteiger partial charge in [-0.2, -0.15) is 0 Å². The van der Waals surface area contributed by atoms with Gasteiger partial charge in [-0.3, -0.25) is 4.99 Å². The summed E-state index contributed by atoms with van der Waals surface area (Å²) in [6.07, 6.45) is 7.33. The van der Waals surface area contributed by atoms with E-state index in [-0.39, 0.29) is 6.04 Å². The predicted octanol–water partition coefficient (Wildman–Crippen LogP) is 2.00. The molecule has 1 unspecified atom stereocenters. The van der Waals surface area contributed by atoms with Crippen LogP contribution in [0.2, 0.25) is 0 Å². The van der Waals surface area contributed by atoms with E-state index in [1.165, 1.54) is 12.1 Å². The van der Waals surface area contributed by atoms with Crippen LogP contribution in [0.4, 0.5) is 14.5 Å². The SMILES string of the molecule is CN=C(NCCCn1ccnc1)NC1CCN(c2ccc(F)cc2F)C1. The minimum absolute atomic E-state index is 0.166. The first-order chi connectivity index (χ1) is 12.7. The number of benzene rings is 1. The lowest BCUT2D eigenvalue weighted by atomic mass is 10.2. The number of halogens is 2. The van der Waals surface area contributed by atoms with Crippen LogP contribution < -0.4 is 15.5 Å². The molecule has 0 amide bonds. The largest absolute Gasteiger partial charge is 0.367 e. The molecule has 2 N–H and O–H groups in total. The summed E-state index contributed by atoms with van der Waals surface area (Å²) in [6.45, 7) is 3.06. The molecule has 26 heavy (non-hydrogen) atoms. The number of rotatable bonds is 6. The van der Waals surface area contributed by atoms with Gasteiger partial charge in [0.25, 0.3) is 0 Å². The molecule has 0 spiro atoms. The molecule has 6 nitrogen and oxygen atoms in total. The fourth-order valence-electron chi connectivity index (χ4n) is 3.11. The lowest BCUT2D eigenvalue weighted by Gasteiger charge is -2.21. The van der Waals surface area contributed by atoms with Gasteiger partial charge in [-0.1, -0.05) is 0 Å². The van der Waals surface area contributed by atoms with Gasteiger partial charge in [0.15, 0.2) is 5.96 Å². The number of hydrogen-bond acceptors (Lipinski definition) is 3. The summed E-state index contributed by atoms with van der Waals surface area (Å²) >= 11 is 0. The van der Waals surface area contributed by atoms with Crippen molar-refractivity contribution in [2.24, 2.45) is 4.99 Å². The number of guanidine groups is 1. The quantitative estimate of drug-likeness (QED) is 0.469. The molecule has 1 aromatic carbocycles. The van der Waals surface area contributed by atoms with Crippen molar-refractivity contribution in [3.8, 4) is 0 Å². The van der Waals surface area contributed by atoms with Crippen LogP contribution >= 0.6 is 0 Å². The van der Waals surface area contributed by atoms with Crippen LogP contribution in [0.5, 0.6) is 0 Å². The van der Waals surface area contributed by atoms with Gasteiger partial charge in [-0.05, 0) is 25.0 Å². The van der Waals surface area contributed by atoms with Gasteiger partial charge in [0.2, 0.25) is 0 Å². The topological polar surface area (TPSA) is 57.5 Å². The summed E-state index contributed by atoms with van der Waals surface area (Å²) in [4.78, 5) is 10.2. The molecule has 1 atom stereocenters. The monoisotopic (exact) mass is 362 g/mol. The van der Waals surface area contributed by atoms with Crippen LogP contribution in [0.15, 0.2) is 41.9 Å². The second-order valence-electron chi connectivity index (χ2n) is 6.32. The highest BCUT2D eigenvalue weighted by molar-refractivity contribution is 5.80. The second kappa shape index (κ2) is 8.64. The Bertz CT molecular complexity index is 731. The predicted molar refractivity (Wildman–Crippen MR) is 98.3 cm³/mol. The minimum atomic E-state index is -0.555. The molecule has 0 saturated carbocycles. The average Bonchev–Trinajstić information content (AvgIpc) is 3.29. The number of aliphatic imine (C=N–C) groups is 1. The highest BCUT2D eigenvalue weighted by Crippen LogP contribution is 2.24. The number of anilines is 1. The maximum atomic E-state index is 13.9. The van der Waals surface area contributed by atoms with Crippen molar-refractivity contribution < 1.29 is 8.78 Å². The molecule has 1 fully saturated rings. The second-order valence-corrected chi connectivity index (χ2v) is 6.32. The van der Waals surface area contributed by atoms with Crippen molar-refractivity contribution in [1.82, 2.24) is 20.2 Å². The van der Waals surface area contributed by atoms with Crippen molar-refractivity contribution in [3.05, 3.63) is 48.6 Å². The van der Waals surface area contributed by atoms with Gasteiger partial charge in [-0.15, -0.1) is 0 Å². The zero-order valence-electron chi connectivity index (χ0n) is 14.8. The number of aryl methyl sites for hydroxylation is 1. The van der Waals surface area contributed by atoms with E-state index in [2.05, 4.69) is 20.6 Å². The standard InChI is InChI=1S/C18H24F2N6/c1-21-18(23-6-2-8-25-10-7-22-13-25)24-15-5-9-26(12-15)17-4-3-14(19)11-16(17)20/h3-4,7,10-11,13,15H,2,5-6,8-9,12H2,1H3,(H2,21,23,24). The van der Waals surface area contributed by atoms with Crippen molar-refractivity contribution in [2.75, 3.05) is 31.6 Å². The molecule has 0 aliphatic carbocycles. The van der Waals surface area contributed by atoms with Crippen LogP contribution in [0, 0.1) is 11.6 Å². The molecule has 3 rings (SSSR count). The first kappa shape index (κ1) is 18.2. The minimum Gasteiger partial charge on any atom is -0.367 e. The third-order valence-electron chi connectivity index (χ3n) is 4.45.